The third kappa shape index (κ3) is 7.14. The zero-order valence-electron chi connectivity index (χ0n) is 9.05. The van der Waals surface area contributed by atoms with Gasteiger partial charge in [0.25, 0.3) is 0 Å². The second-order valence-electron chi connectivity index (χ2n) is 3.50. The van der Waals surface area contributed by atoms with E-state index < -0.39 is 31.1 Å². The number of hydrogen-bond acceptors (Lipinski definition) is 2. The molecule has 0 saturated carbocycles. The first-order valence-electron chi connectivity index (χ1n) is 5.23. The van der Waals surface area contributed by atoms with Gasteiger partial charge in [-0.1, -0.05) is 6.42 Å². The van der Waals surface area contributed by atoms with Crippen LogP contribution in [-0.2, 0) is 9.59 Å². The monoisotopic (exact) mass is 237 g/mol. The van der Waals surface area contributed by atoms with Crippen molar-refractivity contribution in [2.75, 3.05) is 19.9 Å². The predicted molar refractivity (Wildman–Crippen MR) is 54.6 cm³/mol. The summed E-state index contributed by atoms with van der Waals surface area (Å²) in [6.07, 6.45) is 1.93. The molecule has 0 aliphatic rings. The summed E-state index contributed by atoms with van der Waals surface area (Å²) in [5, 5.41) is 10.7. The predicted octanol–water partition coefficient (Wildman–Crippen LogP) is 1.30. The standard InChI is InChI=1S/C10H17F2NO3/c11-6-8(7-12)10(16)13-5-3-1-2-4-9(14)15/h8H,1-7H2,(H,13,16)(H,14,15). The molecule has 16 heavy (non-hydrogen) atoms. The number of carbonyl (C=O) groups is 2. The van der Waals surface area contributed by atoms with E-state index in [2.05, 4.69) is 5.32 Å². The second-order valence-corrected chi connectivity index (χ2v) is 3.50. The molecular formula is C10H17F2NO3. The van der Waals surface area contributed by atoms with E-state index in [1.807, 2.05) is 0 Å². The number of amides is 1. The smallest absolute Gasteiger partial charge is 0.303 e. The van der Waals surface area contributed by atoms with E-state index in [4.69, 9.17) is 5.11 Å². The van der Waals surface area contributed by atoms with Gasteiger partial charge in [-0.15, -0.1) is 0 Å². The highest BCUT2D eigenvalue weighted by Gasteiger charge is 2.16. The lowest BCUT2D eigenvalue weighted by molar-refractivity contribution is -0.137. The van der Waals surface area contributed by atoms with Gasteiger partial charge in [0.05, 0.1) is 5.92 Å². The molecule has 0 rings (SSSR count). The van der Waals surface area contributed by atoms with E-state index >= 15 is 0 Å². The minimum absolute atomic E-state index is 0.103. The lowest BCUT2D eigenvalue weighted by atomic mass is 10.1. The summed E-state index contributed by atoms with van der Waals surface area (Å²) < 4.78 is 24.1. The van der Waals surface area contributed by atoms with E-state index in [9.17, 15) is 18.4 Å². The molecule has 94 valence electrons. The maximum atomic E-state index is 12.1. The third-order valence-electron chi connectivity index (χ3n) is 2.11. The average molecular weight is 237 g/mol. The van der Waals surface area contributed by atoms with Crippen LogP contribution in [0.1, 0.15) is 25.7 Å². The number of carbonyl (C=O) groups excluding carboxylic acids is 1. The van der Waals surface area contributed by atoms with Crippen LogP contribution in [0.2, 0.25) is 0 Å². The number of carboxylic acid groups (broad SMARTS) is 1. The van der Waals surface area contributed by atoms with E-state index in [1.165, 1.54) is 0 Å². The van der Waals surface area contributed by atoms with Crippen LogP contribution >= 0.6 is 0 Å². The van der Waals surface area contributed by atoms with Gasteiger partial charge in [0.15, 0.2) is 0 Å². The number of aliphatic carboxylic acids is 1. The van der Waals surface area contributed by atoms with Crippen molar-refractivity contribution in [3.05, 3.63) is 0 Å². The van der Waals surface area contributed by atoms with Gasteiger partial charge in [-0.3, -0.25) is 18.4 Å². The Balaban J connectivity index is 3.44. The highest BCUT2D eigenvalue weighted by Crippen LogP contribution is 2.01. The fourth-order valence-corrected chi connectivity index (χ4v) is 1.12. The summed E-state index contributed by atoms with van der Waals surface area (Å²) in [5.74, 6) is -2.68. The number of hydrogen-bond donors (Lipinski definition) is 2. The number of halogens is 2. The van der Waals surface area contributed by atoms with Crippen molar-refractivity contribution in [3.8, 4) is 0 Å². The largest absolute Gasteiger partial charge is 0.481 e. The number of nitrogens with one attached hydrogen (secondary N) is 1. The molecule has 0 aliphatic heterocycles. The summed E-state index contributed by atoms with van der Waals surface area (Å²) in [5.41, 5.74) is 0. The zero-order chi connectivity index (χ0) is 12.4. The van der Waals surface area contributed by atoms with Crippen LogP contribution in [-0.4, -0.2) is 36.9 Å². The number of carboxylic acids is 1. The first kappa shape index (κ1) is 14.8. The first-order valence-corrected chi connectivity index (χ1v) is 5.23. The number of unbranched alkanes of at least 4 members (excludes halogenated alkanes) is 2. The minimum atomic E-state index is -1.21. The van der Waals surface area contributed by atoms with Crippen molar-refractivity contribution >= 4 is 11.9 Å². The molecule has 2 N–H and O–H groups in total. The topological polar surface area (TPSA) is 66.4 Å². The fraction of sp³-hybridized carbons (Fsp3) is 0.800. The Hall–Kier alpha value is -1.20. The van der Waals surface area contributed by atoms with Crippen LogP contribution in [0.15, 0.2) is 0 Å². The number of alkyl halides is 2. The van der Waals surface area contributed by atoms with E-state index in [0.717, 1.165) is 0 Å². The first-order chi connectivity index (χ1) is 7.61. The maximum Gasteiger partial charge on any atom is 0.303 e. The van der Waals surface area contributed by atoms with Gasteiger partial charge in [-0.2, -0.15) is 0 Å². The van der Waals surface area contributed by atoms with Gasteiger partial charge < -0.3 is 10.4 Å². The summed E-state index contributed by atoms with van der Waals surface area (Å²) in [6, 6.07) is 0. The third-order valence-corrected chi connectivity index (χ3v) is 2.11. The zero-order valence-corrected chi connectivity index (χ0v) is 9.05. The van der Waals surface area contributed by atoms with Crippen molar-refractivity contribution in [2.45, 2.75) is 25.7 Å². The van der Waals surface area contributed by atoms with Crippen molar-refractivity contribution < 1.29 is 23.5 Å². The molecule has 6 heteroatoms. The van der Waals surface area contributed by atoms with Gasteiger partial charge >= 0.3 is 5.97 Å². The summed E-state index contributed by atoms with van der Waals surface area (Å²) in [6.45, 7) is -1.67. The molecule has 0 saturated heterocycles. The molecule has 0 fully saturated rings. The van der Waals surface area contributed by atoms with Gasteiger partial charge in [0.1, 0.15) is 13.3 Å². The molecule has 0 aliphatic carbocycles. The average Bonchev–Trinajstić information content (AvgIpc) is 2.24. The van der Waals surface area contributed by atoms with Gasteiger partial charge in [0, 0.05) is 13.0 Å². The van der Waals surface area contributed by atoms with Crippen LogP contribution < -0.4 is 5.32 Å². The Bertz CT molecular complexity index is 220. The SMILES string of the molecule is O=C(O)CCCCCNC(=O)C(CF)CF. The second kappa shape index (κ2) is 9.06. The highest BCUT2D eigenvalue weighted by atomic mass is 19.1. The van der Waals surface area contributed by atoms with E-state index in [-0.39, 0.29) is 6.42 Å². The summed E-state index contributed by atoms with van der Waals surface area (Å²) >= 11 is 0. The molecule has 0 radical (unpaired) electrons. The van der Waals surface area contributed by atoms with Crippen molar-refractivity contribution in [2.24, 2.45) is 5.92 Å². The Labute approximate surface area is 93.0 Å². The molecule has 0 unspecified atom stereocenters. The molecular weight excluding hydrogens is 220 g/mol. The van der Waals surface area contributed by atoms with Crippen molar-refractivity contribution in [1.82, 2.24) is 5.32 Å². The molecule has 1 amide bonds. The molecule has 0 aromatic rings. The van der Waals surface area contributed by atoms with Crippen molar-refractivity contribution in [1.29, 1.82) is 0 Å². The quantitative estimate of drug-likeness (QED) is 0.594. The molecule has 0 heterocycles. The van der Waals surface area contributed by atoms with Crippen LogP contribution in [0.4, 0.5) is 8.78 Å². The lowest BCUT2D eigenvalue weighted by Crippen LogP contribution is -2.33. The minimum Gasteiger partial charge on any atom is -0.481 e. The van der Waals surface area contributed by atoms with Gasteiger partial charge in [-0.05, 0) is 12.8 Å². The molecule has 4 nitrogen and oxygen atoms in total. The van der Waals surface area contributed by atoms with Crippen LogP contribution in [0.5, 0.6) is 0 Å². The Morgan fingerprint density at radius 2 is 1.75 bits per heavy atom. The number of rotatable bonds is 9. The van der Waals surface area contributed by atoms with E-state index in [1.54, 1.807) is 0 Å². The normalized spacial score (nSPS) is 10.4. The lowest BCUT2D eigenvalue weighted by Gasteiger charge is -2.09. The van der Waals surface area contributed by atoms with Crippen LogP contribution in [0, 0.1) is 5.92 Å². The molecule has 0 aromatic heterocycles. The Kier molecular flexibility index (Phi) is 8.38. The molecule has 0 aromatic carbocycles. The van der Waals surface area contributed by atoms with Crippen molar-refractivity contribution in [3.63, 3.8) is 0 Å². The van der Waals surface area contributed by atoms with Crippen LogP contribution in [0.25, 0.3) is 0 Å². The fourth-order valence-electron chi connectivity index (χ4n) is 1.12. The van der Waals surface area contributed by atoms with Gasteiger partial charge in [-0.25, -0.2) is 0 Å². The molecule has 0 spiro atoms. The molecule has 0 bridgehead atoms. The van der Waals surface area contributed by atoms with E-state index in [0.29, 0.717) is 25.8 Å². The molecule has 0 atom stereocenters. The summed E-state index contributed by atoms with van der Waals surface area (Å²) in [4.78, 5) is 21.2. The van der Waals surface area contributed by atoms with Gasteiger partial charge in [0.2, 0.25) is 5.91 Å². The summed E-state index contributed by atoms with van der Waals surface area (Å²) in [7, 11) is 0. The van der Waals surface area contributed by atoms with Crippen LogP contribution in [0.3, 0.4) is 0 Å². The Morgan fingerprint density at radius 3 is 2.25 bits per heavy atom. The maximum absolute atomic E-state index is 12.1. The Morgan fingerprint density at radius 1 is 1.12 bits per heavy atom. The highest BCUT2D eigenvalue weighted by molar-refractivity contribution is 5.78.